The fraction of sp³-hybridized carbons (Fsp3) is 0.867. The largest absolute Gasteiger partial charge is 0.356 e. The Kier molecular flexibility index (Phi) is 6.49. The van der Waals surface area contributed by atoms with Crippen LogP contribution in [0.15, 0.2) is 0 Å². The second-order valence-electron chi connectivity index (χ2n) is 6.31. The van der Waals surface area contributed by atoms with Gasteiger partial charge < -0.3 is 5.32 Å². The smallest absolute Gasteiger partial charge is 0.223 e. The van der Waals surface area contributed by atoms with Gasteiger partial charge in [-0.2, -0.15) is 0 Å². The van der Waals surface area contributed by atoms with Crippen LogP contribution >= 0.6 is 0 Å². The third-order valence-corrected chi connectivity index (χ3v) is 3.67. The lowest BCUT2D eigenvalue weighted by Gasteiger charge is -2.31. The van der Waals surface area contributed by atoms with Crippen LogP contribution in [0.4, 0.5) is 0 Å². The van der Waals surface area contributed by atoms with E-state index in [4.69, 9.17) is 0 Å². The average Bonchev–Trinajstić information content (AvgIpc) is 2.36. The zero-order valence-electron chi connectivity index (χ0n) is 12.7. The third-order valence-electron chi connectivity index (χ3n) is 3.67. The van der Waals surface area contributed by atoms with Crippen LogP contribution in [0.3, 0.4) is 0 Å². The molecule has 0 aliphatic carbocycles. The van der Waals surface area contributed by atoms with Crippen molar-refractivity contribution in [1.29, 1.82) is 0 Å². The van der Waals surface area contributed by atoms with E-state index in [-0.39, 0.29) is 17.7 Å². The first-order chi connectivity index (χ1) is 8.90. The molecule has 1 amide bonds. The number of Topliss-reactive ketones (excluding diaryl/α,β-unsaturated/α-hetero) is 1. The Labute approximate surface area is 116 Å². The van der Waals surface area contributed by atoms with Gasteiger partial charge in [-0.3, -0.25) is 14.5 Å². The standard InChI is InChI=1S/C15H28N2O2/c1-11(2)9-16-15(19)13-5-7-17(8-6-13)10-14(18)12(3)4/h11-13H,5-10H2,1-4H3,(H,16,19). The van der Waals surface area contributed by atoms with Gasteiger partial charge in [0.1, 0.15) is 5.78 Å². The number of rotatable bonds is 6. The summed E-state index contributed by atoms with van der Waals surface area (Å²) in [7, 11) is 0. The molecule has 1 rings (SSSR count). The van der Waals surface area contributed by atoms with Gasteiger partial charge in [0.05, 0.1) is 6.54 Å². The highest BCUT2D eigenvalue weighted by molar-refractivity contribution is 5.82. The Morgan fingerprint density at radius 3 is 2.21 bits per heavy atom. The van der Waals surface area contributed by atoms with Gasteiger partial charge in [-0.05, 0) is 31.8 Å². The summed E-state index contributed by atoms with van der Waals surface area (Å²) in [4.78, 5) is 25.8. The Morgan fingerprint density at radius 2 is 1.74 bits per heavy atom. The first kappa shape index (κ1) is 16.2. The molecule has 0 radical (unpaired) electrons. The number of carbonyl (C=O) groups is 2. The van der Waals surface area contributed by atoms with Crippen LogP contribution in [-0.4, -0.2) is 42.8 Å². The highest BCUT2D eigenvalue weighted by Crippen LogP contribution is 2.17. The minimum absolute atomic E-state index is 0.104. The van der Waals surface area contributed by atoms with Gasteiger partial charge >= 0.3 is 0 Å². The van der Waals surface area contributed by atoms with E-state index < -0.39 is 0 Å². The van der Waals surface area contributed by atoms with E-state index in [1.54, 1.807) is 0 Å². The van der Waals surface area contributed by atoms with Crippen molar-refractivity contribution in [3.63, 3.8) is 0 Å². The van der Waals surface area contributed by atoms with E-state index in [9.17, 15) is 9.59 Å². The van der Waals surface area contributed by atoms with Crippen molar-refractivity contribution in [3.05, 3.63) is 0 Å². The van der Waals surface area contributed by atoms with Gasteiger partial charge in [-0.25, -0.2) is 0 Å². The molecule has 4 nitrogen and oxygen atoms in total. The SMILES string of the molecule is CC(C)CNC(=O)C1CCN(CC(=O)C(C)C)CC1. The van der Waals surface area contributed by atoms with Gasteiger partial charge in [-0.1, -0.05) is 27.7 Å². The third kappa shape index (κ3) is 5.72. The molecule has 0 spiro atoms. The van der Waals surface area contributed by atoms with Crippen molar-refractivity contribution >= 4 is 11.7 Å². The van der Waals surface area contributed by atoms with E-state index in [0.717, 1.165) is 32.5 Å². The summed E-state index contributed by atoms with van der Waals surface area (Å²) < 4.78 is 0. The van der Waals surface area contributed by atoms with Crippen LogP contribution in [0.2, 0.25) is 0 Å². The summed E-state index contributed by atoms with van der Waals surface area (Å²) in [5.41, 5.74) is 0. The Morgan fingerprint density at radius 1 is 1.16 bits per heavy atom. The van der Waals surface area contributed by atoms with E-state index in [1.165, 1.54) is 0 Å². The number of carbonyl (C=O) groups excluding carboxylic acids is 2. The quantitative estimate of drug-likeness (QED) is 0.797. The molecular weight excluding hydrogens is 240 g/mol. The van der Waals surface area contributed by atoms with Crippen LogP contribution in [0.25, 0.3) is 0 Å². The molecule has 0 atom stereocenters. The van der Waals surface area contributed by atoms with E-state index in [2.05, 4.69) is 24.1 Å². The molecule has 0 bridgehead atoms. The number of hydrogen-bond donors (Lipinski definition) is 1. The molecule has 0 saturated carbocycles. The molecule has 1 N–H and O–H groups in total. The minimum Gasteiger partial charge on any atom is -0.356 e. The van der Waals surface area contributed by atoms with Gasteiger partial charge in [0.2, 0.25) is 5.91 Å². The lowest BCUT2D eigenvalue weighted by atomic mass is 9.95. The Balaban J connectivity index is 2.28. The second-order valence-corrected chi connectivity index (χ2v) is 6.31. The normalized spacial score (nSPS) is 18.0. The first-order valence-electron chi connectivity index (χ1n) is 7.43. The van der Waals surface area contributed by atoms with E-state index in [0.29, 0.717) is 18.2 Å². The molecule has 0 aromatic heterocycles. The Bertz CT molecular complexity index is 305. The number of amides is 1. The maximum absolute atomic E-state index is 11.9. The van der Waals surface area contributed by atoms with Gasteiger partial charge in [0, 0.05) is 18.4 Å². The predicted octanol–water partition coefficient (Wildman–Crippen LogP) is 1.70. The molecule has 0 unspecified atom stereocenters. The summed E-state index contributed by atoms with van der Waals surface area (Å²) in [6.07, 6.45) is 1.74. The second kappa shape index (κ2) is 7.63. The van der Waals surface area contributed by atoms with Crippen molar-refractivity contribution in [1.82, 2.24) is 10.2 Å². The molecular formula is C15H28N2O2. The molecule has 1 saturated heterocycles. The van der Waals surface area contributed by atoms with Crippen molar-refractivity contribution in [2.24, 2.45) is 17.8 Å². The highest BCUT2D eigenvalue weighted by Gasteiger charge is 2.26. The minimum atomic E-state index is 0.104. The van der Waals surface area contributed by atoms with E-state index >= 15 is 0 Å². The number of nitrogens with zero attached hydrogens (tertiary/aromatic N) is 1. The Hall–Kier alpha value is -0.900. The molecule has 0 aromatic rings. The van der Waals surface area contributed by atoms with Crippen LogP contribution in [-0.2, 0) is 9.59 Å². The lowest BCUT2D eigenvalue weighted by Crippen LogP contribution is -2.43. The van der Waals surface area contributed by atoms with Crippen LogP contribution in [0.1, 0.15) is 40.5 Å². The van der Waals surface area contributed by atoms with Crippen molar-refractivity contribution in [2.45, 2.75) is 40.5 Å². The summed E-state index contributed by atoms with van der Waals surface area (Å²) in [6.45, 7) is 11.1. The molecule has 19 heavy (non-hydrogen) atoms. The number of hydrogen-bond acceptors (Lipinski definition) is 3. The monoisotopic (exact) mass is 268 g/mol. The van der Waals surface area contributed by atoms with Crippen molar-refractivity contribution in [2.75, 3.05) is 26.2 Å². The zero-order valence-corrected chi connectivity index (χ0v) is 12.7. The van der Waals surface area contributed by atoms with Crippen molar-refractivity contribution < 1.29 is 9.59 Å². The fourth-order valence-corrected chi connectivity index (χ4v) is 2.21. The summed E-state index contributed by atoms with van der Waals surface area (Å²) in [5.74, 6) is 1.20. The van der Waals surface area contributed by atoms with Crippen LogP contribution in [0, 0.1) is 17.8 Å². The lowest BCUT2D eigenvalue weighted by molar-refractivity contribution is -0.127. The molecule has 1 fully saturated rings. The molecule has 1 aliphatic rings. The van der Waals surface area contributed by atoms with Crippen LogP contribution in [0.5, 0.6) is 0 Å². The summed E-state index contributed by atoms with van der Waals surface area (Å²) in [5, 5.41) is 3.00. The van der Waals surface area contributed by atoms with Crippen LogP contribution < -0.4 is 5.32 Å². The highest BCUT2D eigenvalue weighted by atomic mass is 16.2. The number of ketones is 1. The number of nitrogens with one attached hydrogen (secondary N) is 1. The molecule has 0 aromatic carbocycles. The number of piperidine rings is 1. The topological polar surface area (TPSA) is 49.4 Å². The molecule has 4 heteroatoms. The number of likely N-dealkylation sites (tertiary alicyclic amines) is 1. The van der Waals surface area contributed by atoms with Gasteiger partial charge in [0.25, 0.3) is 0 Å². The summed E-state index contributed by atoms with van der Waals surface area (Å²) in [6, 6.07) is 0. The fourth-order valence-electron chi connectivity index (χ4n) is 2.21. The maximum atomic E-state index is 11.9. The van der Waals surface area contributed by atoms with Gasteiger partial charge in [-0.15, -0.1) is 0 Å². The maximum Gasteiger partial charge on any atom is 0.223 e. The average molecular weight is 268 g/mol. The first-order valence-corrected chi connectivity index (χ1v) is 7.43. The van der Waals surface area contributed by atoms with E-state index in [1.807, 2.05) is 13.8 Å². The van der Waals surface area contributed by atoms with Crippen molar-refractivity contribution in [3.8, 4) is 0 Å². The predicted molar refractivity (Wildman–Crippen MR) is 76.9 cm³/mol. The zero-order chi connectivity index (χ0) is 14.4. The van der Waals surface area contributed by atoms with Gasteiger partial charge in [0.15, 0.2) is 0 Å². The summed E-state index contributed by atoms with van der Waals surface area (Å²) >= 11 is 0. The molecule has 1 aliphatic heterocycles. The molecule has 1 heterocycles. The molecule has 110 valence electrons.